The molecule has 1 heterocycles. The minimum atomic E-state index is -0.0708. The lowest BCUT2D eigenvalue weighted by molar-refractivity contribution is -0.119. The van der Waals surface area contributed by atoms with Crippen LogP contribution in [0.15, 0.2) is 10.9 Å². The largest absolute Gasteiger partial charge is 0.358 e. The molecule has 0 aliphatic rings. The van der Waals surface area contributed by atoms with E-state index in [1.54, 1.807) is 7.05 Å². The van der Waals surface area contributed by atoms with E-state index < -0.39 is 0 Å². The van der Waals surface area contributed by atoms with Crippen molar-refractivity contribution in [2.45, 2.75) is 6.54 Å². The van der Waals surface area contributed by atoms with E-state index in [1.165, 1.54) is 6.39 Å². The molecular weight excluding hydrogens is 160 g/mol. The summed E-state index contributed by atoms with van der Waals surface area (Å²) in [6.45, 7) is 0.689. The fourth-order valence-corrected chi connectivity index (χ4v) is 0.647. The van der Waals surface area contributed by atoms with Gasteiger partial charge in [-0.3, -0.25) is 4.79 Å². The van der Waals surface area contributed by atoms with E-state index in [9.17, 15) is 4.79 Å². The van der Waals surface area contributed by atoms with E-state index in [2.05, 4.69) is 25.3 Å². The fourth-order valence-electron chi connectivity index (χ4n) is 0.647. The summed E-state index contributed by atoms with van der Waals surface area (Å²) in [6.07, 6.45) is 1.25. The quantitative estimate of drug-likeness (QED) is 0.600. The molecule has 0 aromatic carbocycles. The van der Waals surface area contributed by atoms with Crippen molar-refractivity contribution in [3.63, 3.8) is 0 Å². The first-order valence-corrected chi connectivity index (χ1v) is 3.49. The molecule has 0 radical (unpaired) electrons. The maximum absolute atomic E-state index is 10.7. The second-order valence-corrected chi connectivity index (χ2v) is 2.12. The zero-order valence-electron chi connectivity index (χ0n) is 6.70. The Morgan fingerprint density at radius 3 is 3.17 bits per heavy atom. The molecule has 12 heavy (non-hydrogen) atoms. The predicted molar refractivity (Wildman–Crippen MR) is 40.1 cm³/mol. The molecule has 1 amide bonds. The highest BCUT2D eigenvalue weighted by Crippen LogP contribution is 1.85. The zero-order valence-corrected chi connectivity index (χ0v) is 6.70. The zero-order chi connectivity index (χ0) is 8.81. The highest BCUT2D eigenvalue weighted by atomic mass is 16.5. The van der Waals surface area contributed by atoms with Gasteiger partial charge in [-0.2, -0.15) is 4.98 Å². The van der Waals surface area contributed by atoms with Gasteiger partial charge in [-0.05, 0) is 0 Å². The molecule has 6 heteroatoms. The number of carbonyl (C=O) groups is 1. The molecule has 6 nitrogen and oxygen atoms in total. The van der Waals surface area contributed by atoms with Gasteiger partial charge < -0.3 is 15.2 Å². The fraction of sp³-hybridized carbons (Fsp3) is 0.500. The van der Waals surface area contributed by atoms with Gasteiger partial charge in [-0.25, -0.2) is 0 Å². The van der Waals surface area contributed by atoms with E-state index in [0.717, 1.165) is 0 Å². The highest BCUT2D eigenvalue weighted by molar-refractivity contribution is 5.77. The number of hydrogen-bond donors (Lipinski definition) is 2. The van der Waals surface area contributed by atoms with Crippen LogP contribution in [0.3, 0.4) is 0 Å². The SMILES string of the molecule is CNC(=O)CNCc1ncon1. The van der Waals surface area contributed by atoms with Gasteiger partial charge in [0.05, 0.1) is 13.1 Å². The lowest BCUT2D eigenvalue weighted by Gasteiger charge is -1.98. The van der Waals surface area contributed by atoms with Crippen molar-refractivity contribution in [2.75, 3.05) is 13.6 Å². The summed E-state index contributed by atoms with van der Waals surface area (Å²) in [4.78, 5) is 14.5. The molecule has 1 rings (SSSR count). The molecule has 0 aliphatic carbocycles. The molecule has 0 unspecified atom stereocenters. The number of amides is 1. The summed E-state index contributed by atoms with van der Waals surface area (Å²) in [7, 11) is 1.58. The molecule has 66 valence electrons. The van der Waals surface area contributed by atoms with Crippen LogP contribution in [0.5, 0.6) is 0 Å². The highest BCUT2D eigenvalue weighted by Gasteiger charge is 1.99. The lowest BCUT2D eigenvalue weighted by atomic mass is 10.5. The van der Waals surface area contributed by atoms with Crippen LogP contribution in [0.2, 0.25) is 0 Å². The standard InChI is InChI=1S/C6H10N4O2/c1-7-6(11)3-8-2-5-9-4-12-10-5/h4,8H,2-3H2,1H3,(H,7,11). The molecule has 0 saturated carbocycles. The van der Waals surface area contributed by atoms with Crippen LogP contribution in [0.4, 0.5) is 0 Å². The summed E-state index contributed by atoms with van der Waals surface area (Å²) in [5.74, 6) is 0.470. The van der Waals surface area contributed by atoms with Crippen LogP contribution in [0, 0.1) is 0 Å². The first-order valence-electron chi connectivity index (χ1n) is 3.49. The second kappa shape index (κ2) is 4.45. The molecule has 0 saturated heterocycles. The van der Waals surface area contributed by atoms with E-state index in [1.807, 2.05) is 0 Å². The minimum Gasteiger partial charge on any atom is -0.358 e. The second-order valence-electron chi connectivity index (χ2n) is 2.12. The third kappa shape index (κ3) is 2.67. The normalized spacial score (nSPS) is 9.75. The van der Waals surface area contributed by atoms with Crippen molar-refractivity contribution in [1.29, 1.82) is 0 Å². The van der Waals surface area contributed by atoms with Crippen molar-refractivity contribution in [3.8, 4) is 0 Å². The number of likely N-dealkylation sites (N-methyl/N-ethyl adjacent to an activating group) is 1. The molecular formula is C6H10N4O2. The number of nitrogens with one attached hydrogen (secondary N) is 2. The summed E-state index contributed by atoms with van der Waals surface area (Å²) in [5.41, 5.74) is 0. The molecule has 0 atom stereocenters. The number of aromatic nitrogens is 2. The van der Waals surface area contributed by atoms with Gasteiger partial charge in [-0.15, -0.1) is 0 Å². The lowest BCUT2D eigenvalue weighted by Crippen LogP contribution is -2.31. The van der Waals surface area contributed by atoms with Gasteiger partial charge in [0.25, 0.3) is 0 Å². The van der Waals surface area contributed by atoms with Gasteiger partial charge in [0.2, 0.25) is 12.3 Å². The van der Waals surface area contributed by atoms with Crippen molar-refractivity contribution < 1.29 is 9.32 Å². The van der Waals surface area contributed by atoms with Crippen LogP contribution in [0.25, 0.3) is 0 Å². The Balaban J connectivity index is 2.15. The average Bonchev–Trinajstić information content (AvgIpc) is 2.57. The van der Waals surface area contributed by atoms with Gasteiger partial charge in [0, 0.05) is 7.05 Å². The third-order valence-corrected chi connectivity index (χ3v) is 1.25. The molecule has 0 spiro atoms. The molecule has 2 N–H and O–H groups in total. The first-order chi connectivity index (χ1) is 5.83. The Labute approximate surface area is 69.3 Å². The summed E-state index contributed by atoms with van der Waals surface area (Å²) in [5, 5.41) is 8.88. The smallest absolute Gasteiger partial charge is 0.233 e. The van der Waals surface area contributed by atoms with Gasteiger partial charge in [-0.1, -0.05) is 5.16 Å². The van der Waals surface area contributed by atoms with Crippen LogP contribution in [0.1, 0.15) is 5.82 Å². The summed E-state index contributed by atoms with van der Waals surface area (Å²) >= 11 is 0. The van der Waals surface area contributed by atoms with Crippen molar-refractivity contribution >= 4 is 5.91 Å². The van der Waals surface area contributed by atoms with E-state index in [0.29, 0.717) is 12.4 Å². The van der Waals surface area contributed by atoms with Crippen LogP contribution in [-0.2, 0) is 11.3 Å². The third-order valence-electron chi connectivity index (χ3n) is 1.25. The molecule has 1 aromatic heterocycles. The topological polar surface area (TPSA) is 80.0 Å². The maximum atomic E-state index is 10.7. The Kier molecular flexibility index (Phi) is 3.21. The van der Waals surface area contributed by atoms with Crippen LogP contribution < -0.4 is 10.6 Å². The Bertz CT molecular complexity index is 234. The van der Waals surface area contributed by atoms with E-state index in [-0.39, 0.29) is 12.5 Å². The number of hydrogen-bond acceptors (Lipinski definition) is 5. The Morgan fingerprint density at radius 1 is 1.75 bits per heavy atom. The monoisotopic (exact) mass is 170 g/mol. The minimum absolute atomic E-state index is 0.0708. The first kappa shape index (κ1) is 8.66. The number of nitrogens with zero attached hydrogens (tertiary/aromatic N) is 2. The molecule has 0 fully saturated rings. The van der Waals surface area contributed by atoms with Gasteiger partial charge in [0.15, 0.2) is 5.82 Å². The Morgan fingerprint density at radius 2 is 2.58 bits per heavy atom. The van der Waals surface area contributed by atoms with E-state index in [4.69, 9.17) is 0 Å². The molecule has 1 aromatic rings. The number of rotatable bonds is 4. The van der Waals surface area contributed by atoms with Crippen molar-refractivity contribution in [1.82, 2.24) is 20.8 Å². The van der Waals surface area contributed by atoms with Gasteiger partial charge >= 0.3 is 0 Å². The number of carbonyl (C=O) groups excluding carboxylic acids is 1. The summed E-state index contributed by atoms with van der Waals surface area (Å²) in [6, 6.07) is 0. The van der Waals surface area contributed by atoms with Crippen LogP contribution >= 0.6 is 0 Å². The summed E-state index contributed by atoms with van der Waals surface area (Å²) < 4.78 is 4.50. The maximum Gasteiger partial charge on any atom is 0.233 e. The van der Waals surface area contributed by atoms with Crippen LogP contribution in [-0.4, -0.2) is 29.6 Å². The molecule has 0 bridgehead atoms. The average molecular weight is 170 g/mol. The van der Waals surface area contributed by atoms with Crippen molar-refractivity contribution in [3.05, 3.63) is 12.2 Å². The van der Waals surface area contributed by atoms with E-state index >= 15 is 0 Å². The van der Waals surface area contributed by atoms with Crippen molar-refractivity contribution in [2.24, 2.45) is 0 Å². The Hall–Kier alpha value is -1.43. The molecule has 0 aliphatic heterocycles. The predicted octanol–water partition coefficient (Wildman–Crippen LogP) is -1.09. The van der Waals surface area contributed by atoms with Gasteiger partial charge in [0.1, 0.15) is 0 Å².